The first kappa shape index (κ1) is 14.7. The molecule has 0 aliphatic carbocycles. The van der Waals surface area contributed by atoms with Crippen LogP contribution in [0.1, 0.15) is 18.4 Å². The fourth-order valence-electron chi connectivity index (χ4n) is 2.94. The number of aromatic nitrogens is 1. The quantitative estimate of drug-likeness (QED) is 0.943. The highest BCUT2D eigenvalue weighted by Gasteiger charge is 2.25. The molecular weight excluding hydrogens is 274 g/mol. The molecule has 0 saturated carbocycles. The molecule has 114 valence electrons. The molecule has 1 atom stereocenters. The van der Waals surface area contributed by atoms with Crippen LogP contribution in [0, 0.1) is 5.92 Å². The smallest absolute Gasteiger partial charge is 0.228 e. The lowest BCUT2D eigenvalue weighted by atomic mass is 9.96. The summed E-state index contributed by atoms with van der Waals surface area (Å²) in [5.74, 6) is 0.156. The summed E-state index contributed by atoms with van der Waals surface area (Å²) in [4.78, 5) is 18.8. The monoisotopic (exact) mass is 295 g/mol. The Morgan fingerprint density at radius 1 is 1.23 bits per heavy atom. The van der Waals surface area contributed by atoms with Gasteiger partial charge in [-0.1, -0.05) is 30.3 Å². The fraction of sp³-hybridized carbons (Fsp3) is 0.333. The normalized spacial score (nSPS) is 18.8. The number of nitrogens with one attached hydrogen (secondary N) is 1. The largest absolute Gasteiger partial charge is 0.324 e. The van der Waals surface area contributed by atoms with Crippen molar-refractivity contribution in [1.82, 2.24) is 9.88 Å². The van der Waals surface area contributed by atoms with Crippen LogP contribution in [0.15, 0.2) is 54.9 Å². The van der Waals surface area contributed by atoms with Crippen LogP contribution < -0.4 is 5.32 Å². The van der Waals surface area contributed by atoms with Crippen LogP contribution in [0.25, 0.3) is 0 Å². The minimum atomic E-state index is 0.0534. The van der Waals surface area contributed by atoms with E-state index < -0.39 is 0 Å². The molecule has 1 amide bonds. The Hall–Kier alpha value is -2.20. The van der Waals surface area contributed by atoms with Gasteiger partial charge in [0.05, 0.1) is 17.8 Å². The van der Waals surface area contributed by atoms with Gasteiger partial charge in [-0.15, -0.1) is 0 Å². The van der Waals surface area contributed by atoms with Crippen molar-refractivity contribution in [2.75, 3.05) is 18.4 Å². The molecule has 22 heavy (non-hydrogen) atoms. The lowest BCUT2D eigenvalue weighted by Gasteiger charge is -2.32. The van der Waals surface area contributed by atoms with E-state index in [2.05, 4.69) is 39.5 Å². The van der Waals surface area contributed by atoms with E-state index in [-0.39, 0.29) is 11.8 Å². The molecule has 4 nitrogen and oxygen atoms in total. The standard InChI is InChI=1S/C18H21N3O/c22-18(20-17-9-4-10-19-12-17)16-8-5-11-21(14-16)13-15-6-2-1-3-7-15/h1-4,6-7,9-10,12,16H,5,8,11,13-14H2,(H,20,22). The highest BCUT2D eigenvalue weighted by molar-refractivity contribution is 5.92. The van der Waals surface area contributed by atoms with Crippen LogP contribution in [0.5, 0.6) is 0 Å². The van der Waals surface area contributed by atoms with Crippen molar-refractivity contribution in [3.05, 3.63) is 60.4 Å². The van der Waals surface area contributed by atoms with Gasteiger partial charge in [-0.3, -0.25) is 14.7 Å². The Morgan fingerprint density at radius 3 is 2.86 bits per heavy atom. The fourth-order valence-corrected chi connectivity index (χ4v) is 2.94. The Balaban J connectivity index is 1.57. The number of anilines is 1. The second-order valence-corrected chi connectivity index (χ2v) is 5.79. The zero-order chi connectivity index (χ0) is 15.2. The summed E-state index contributed by atoms with van der Waals surface area (Å²) < 4.78 is 0. The summed E-state index contributed by atoms with van der Waals surface area (Å²) >= 11 is 0. The molecule has 2 aromatic rings. The van der Waals surface area contributed by atoms with Gasteiger partial charge in [0.1, 0.15) is 0 Å². The minimum absolute atomic E-state index is 0.0534. The number of carbonyl (C=O) groups is 1. The average molecular weight is 295 g/mol. The third-order valence-corrected chi connectivity index (χ3v) is 4.05. The van der Waals surface area contributed by atoms with Crippen LogP contribution in [0.2, 0.25) is 0 Å². The first-order chi connectivity index (χ1) is 10.8. The van der Waals surface area contributed by atoms with E-state index in [1.807, 2.05) is 18.2 Å². The molecule has 1 N–H and O–H groups in total. The number of carbonyl (C=O) groups excluding carboxylic acids is 1. The summed E-state index contributed by atoms with van der Waals surface area (Å²) in [6.45, 7) is 2.80. The molecule has 1 aromatic carbocycles. The van der Waals surface area contributed by atoms with Crippen molar-refractivity contribution >= 4 is 11.6 Å². The highest BCUT2D eigenvalue weighted by atomic mass is 16.1. The molecule has 1 aliphatic heterocycles. The Labute approximate surface area is 131 Å². The summed E-state index contributed by atoms with van der Waals surface area (Å²) in [7, 11) is 0. The first-order valence-electron chi connectivity index (χ1n) is 7.78. The van der Waals surface area contributed by atoms with Crippen molar-refractivity contribution in [2.45, 2.75) is 19.4 Å². The second-order valence-electron chi connectivity index (χ2n) is 5.79. The number of pyridine rings is 1. The summed E-state index contributed by atoms with van der Waals surface area (Å²) in [6, 6.07) is 14.1. The SMILES string of the molecule is O=C(Nc1cccnc1)C1CCCN(Cc2ccccc2)C1. The van der Waals surface area contributed by atoms with Crippen molar-refractivity contribution in [3.63, 3.8) is 0 Å². The lowest BCUT2D eigenvalue weighted by molar-refractivity contribution is -0.121. The van der Waals surface area contributed by atoms with Gasteiger partial charge in [0, 0.05) is 19.3 Å². The van der Waals surface area contributed by atoms with E-state index in [0.717, 1.165) is 38.2 Å². The van der Waals surface area contributed by atoms with Gasteiger partial charge in [0.2, 0.25) is 5.91 Å². The number of nitrogens with zero attached hydrogens (tertiary/aromatic N) is 2. The Morgan fingerprint density at radius 2 is 2.09 bits per heavy atom. The van der Waals surface area contributed by atoms with Gasteiger partial charge in [-0.05, 0) is 37.1 Å². The number of rotatable bonds is 4. The van der Waals surface area contributed by atoms with Crippen LogP contribution in [0.4, 0.5) is 5.69 Å². The van der Waals surface area contributed by atoms with Crippen molar-refractivity contribution in [1.29, 1.82) is 0 Å². The van der Waals surface area contributed by atoms with Crippen molar-refractivity contribution in [3.8, 4) is 0 Å². The molecule has 4 heteroatoms. The zero-order valence-corrected chi connectivity index (χ0v) is 12.6. The van der Waals surface area contributed by atoms with E-state index in [1.165, 1.54) is 5.56 Å². The molecular formula is C18H21N3O. The number of hydrogen-bond donors (Lipinski definition) is 1. The van der Waals surface area contributed by atoms with Crippen LogP contribution in [-0.4, -0.2) is 28.9 Å². The predicted molar refractivity (Wildman–Crippen MR) is 87.3 cm³/mol. The van der Waals surface area contributed by atoms with Gasteiger partial charge in [0.25, 0.3) is 0 Å². The first-order valence-corrected chi connectivity index (χ1v) is 7.78. The third-order valence-electron chi connectivity index (χ3n) is 4.05. The van der Waals surface area contributed by atoms with Crippen molar-refractivity contribution in [2.24, 2.45) is 5.92 Å². The van der Waals surface area contributed by atoms with Crippen LogP contribution >= 0.6 is 0 Å². The molecule has 0 spiro atoms. The lowest BCUT2D eigenvalue weighted by Crippen LogP contribution is -2.40. The van der Waals surface area contributed by atoms with E-state index in [9.17, 15) is 4.79 Å². The van der Waals surface area contributed by atoms with Gasteiger partial charge >= 0.3 is 0 Å². The second kappa shape index (κ2) is 7.18. The molecule has 1 unspecified atom stereocenters. The molecule has 1 fully saturated rings. The van der Waals surface area contributed by atoms with Gasteiger partial charge < -0.3 is 5.32 Å². The van der Waals surface area contributed by atoms with Crippen molar-refractivity contribution < 1.29 is 4.79 Å². The molecule has 1 aromatic heterocycles. The molecule has 3 rings (SSSR count). The van der Waals surface area contributed by atoms with Gasteiger partial charge in [-0.25, -0.2) is 0 Å². The molecule has 1 aliphatic rings. The van der Waals surface area contributed by atoms with E-state index in [1.54, 1.807) is 12.4 Å². The maximum atomic E-state index is 12.4. The van der Waals surface area contributed by atoms with E-state index in [0.29, 0.717) is 0 Å². The highest BCUT2D eigenvalue weighted by Crippen LogP contribution is 2.20. The molecule has 0 radical (unpaired) electrons. The van der Waals surface area contributed by atoms with Gasteiger partial charge in [-0.2, -0.15) is 0 Å². The van der Waals surface area contributed by atoms with E-state index >= 15 is 0 Å². The van der Waals surface area contributed by atoms with Crippen LogP contribution in [0.3, 0.4) is 0 Å². The number of benzene rings is 1. The summed E-state index contributed by atoms with van der Waals surface area (Å²) in [5, 5.41) is 2.97. The minimum Gasteiger partial charge on any atom is -0.324 e. The molecule has 1 saturated heterocycles. The maximum Gasteiger partial charge on any atom is 0.228 e. The topological polar surface area (TPSA) is 45.2 Å². The maximum absolute atomic E-state index is 12.4. The number of piperidine rings is 1. The van der Waals surface area contributed by atoms with Gasteiger partial charge in [0.15, 0.2) is 0 Å². The predicted octanol–water partition coefficient (Wildman–Crippen LogP) is 2.93. The summed E-state index contributed by atoms with van der Waals surface area (Å²) in [6.07, 6.45) is 5.41. The Bertz CT molecular complexity index is 600. The molecule has 0 bridgehead atoms. The number of amides is 1. The number of hydrogen-bond acceptors (Lipinski definition) is 3. The summed E-state index contributed by atoms with van der Waals surface area (Å²) in [5.41, 5.74) is 2.07. The molecule has 2 heterocycles. The third kappa shape index (κ3) is 3.92. The Kier molecular flexibility index (Phi) is 4.81. The zero-order valence-electron chi connectivity index (χ0n) is 12.6. The average Bonchev–Trinajstić information content (AvgIpc) is 2.57. The number of likely N-dealkylation sites (tertiary alicyclic amines) is 1. The van der Waals surface area contributed by atoms with E-state index in [4.69, 9.17) is 0 Å². The van der Waals surface area contributed by atoms with Crippen LogP contribution in [-0.2, 0) is 11.3 Å².